The number of aliphatic hydroxyl groups excluding tert-OH is 1. The molecule has 0 saturated carbocycles. The molecule has 1 amide bonds. The number of Topliss-reactive ketones (excluding diaryl/α,β-unsaturated/α-hetero) is 1. The fourth-order valence-corrected chi connectivity index (χ4v) is 6.89. The Hall–Kier alpha value is -4.62. The number of nitrogens with zero attached hydrogens (tertiary/aromatic N) is 3. The van der Waals surface area contributed by atoms with Crippen LogP contribution in [0, 0.1) is 5.82 Å². The Morgan fingerprint density at radius 3 is 2.54 bits per heavy atom. The van der Waals surface area contributed by atoms with E-state index < -0.39 is 17.7 Å². The minimum atomic E-state index is -1.06. The van der Waals surface area contributed by atoms with Crippen LogP contribution in [0.4, 0.5) is 9.52 Å². The van der Waals surface area contributed by atoms with Crippen molar-refractivity contribution in [1.82, 2.24) is 10.2 Å². The second-order valence-corrected chi connectivity index (χ2v) is 12.5. The van der Waals surface area contributed by atoms with Crippen molar-refractivity contribution in [3.63, 3.8) is 0 Å². The number of hydrogen-bond donors (Lipinski definition) is 1. The van der Waals surface area contributed by atoms with Gasteiger partial charge >= 0.3 is 5.91 Å². The number of anilines is 1. The second-order valence-electron chi connectivity index (χ2n) is 10.3. The second kappa shape index (κ2) is 13.8. The lowest BCUT2D eigenvalue weighted by molar-refractivity contribution is -0.132. The van der Waals surface area contributed by atoms with Crippen LogP contribution in [0.15, 0.2) is 70.6 Å². The molecular weight excluding hydrogens is 634 g/mol. The Balaban J connectivity index is 1.42. The van der Waals surface area contributed by atoms with Crippen LogP contribution in [0.2, 0.25) is 0 Å². The maximum atomic E-state index is 13.7. The molecule has 0 unspecified atom stereocenters. The molecule has 2 aliphatic heterocycles. The fraction of sp³-hybridized carbons (Fsp3) is 0.273. The number of amides is 1. The molecule has 3 heterocycles. The summed E-state index contributed by atoms with van der Waals surface area (Å²) in [7, 11) is 0. The van der Waals surface area contributed by atoms with Gasteiger partial charge in [0.15, 0.2) is 27.3 Å². The first-order valence-corrected chi connectivity index (χ1v) is 16.5. The fourth-order valence-electron chi connectivity index (χ4n) is 5.07. The number of rotatable bonds is 11. The van der Waals surface area contributed by atoms with E-state index >= 15 is 0 Å². The van der Waals surface area contributed by atoms with E-state index in [-0.39, 0.29) is 27.8 Å². The molecule has 238 valence electrons. The monoisotopic (exact) mass is 663 g/mol. The molecule has 0 aliphatic carbocycles. The summed E-state index contributed by atoms with van der Waals surface area (Å²) >= 11 is 2.51. The van der Waals surface area contributed by atoms with Gasteiger partial charge in [-0.1, -0.05) is 48.2 Å². The predicted octanol–water partition coefficient (Wildman–Crippen LogP) is 6.55. The number of carbonyl (C=O) groups excluding carboxylic acids is 2. The first-order valence-electron chi connectivity index (χ1n) is 14.7. The standard InChI is InChI=1S/C33H30FN3O7S2/c1-3-13-42-23-11-7-20(16-25(23)41-4-2)28-27(29(38)21-8-12-24-26(17-21)44-15-14-43-24)30(39)31(40)37(28)32-35-36-33(46-32)45-18-19-5-9-22(34)10-6-19/h5-12,16-17,28,38H,3-4,13-15,18H2,1-2H3/b29-27+/t28-/m1/s1. The van der Waals surface area contributed by atoms with Gasteiger partial charge in [0.2, 0.25) is 5.13 Å². The third-order valence-corrected chi connectivity index (χ3v) is 9.31. The van der Waals surface area contributed by atoms with Gasteiger partial charge in [-0.05, 0) is 66.9 Å². The minimum absolute atomic E-state index is 0.123. The summed E-state index contributed by atoms with van der Waals surface area (Å²) in [4.78, 5) is 28.7. The van der Waals surface area contributed by atoms with Crippen molar-refractivity contribution in [3.8, 4) is 23.0 Å². The van der Waals surface area contributed by atoms with Gasteiger partial charge in [0.1, 0.15) is 24.8 Å². The molecule has 1 fully saturated rings. The number of ether oxygens (including phenoxy) is 4. The van der Waals surface area contributed by atoms with Crippen LogP contribution in [0.5, 0.6) is 23.0 Å². The summed E-state index contributed by atoms with van der Waals surface area (Å²) in [5.74, 6) is -0.0428. The first-order chi connectivity index (χ1) is 22.4. The molecule has 6 rings (SSSR count). The highest BCUT2D eigenvalue weighted by molar-refractivity contribution is 8.00. The van der Waals surface area contributed by atoms with Crippen LogP contribution in [0.3, 0.4) is 0 Å². The maximum absolute atomic E-state index is 13.7. The first kappa shape index (κ1) is 31.4. The molecule has 0 bridgehead atoms. The van der Waals surface area contributed by atoms with Gasteiger partial charge in [-0.15, -0.1) is 10.2 Å². The highest BCUT2D eigenvalue weighted by atomic mass is 32.2. The molecule has 3 aromatic carbocycles. The van der Waals surface area contributed by atoms with Crippen molar-refractivity contribution in [3.05, 3.63) is 88.7 Å². The van der Waals surface area contributed by atoms with Crippen molar-refractivity contribution < 1.29 is 38.0 Å². The van der Waals surface area contributed by atoms with Gasteiger partial charge in [0, 0.05) is 11.3 Å². The van der Waals surface area contributed by atoms with Crippen LogP contribution < -0.4 is 23.8 Å². The van der Waals surface area contributed by atoms with E-state index in [9.17, 15) is 19.1 Å². The Labute approximate surface area is 272 Å². The van der Waals surface area contributed by atoms with Crippen molar-refractivity contribution in [2.45, 2.75) is 36.4 Å². The summed E-state index contributed by atoms with van der Waals surface area (Å²) in [5, 5.41) is 20.3. The van der Waals surface area contributed by atoms with Crippen molar-refractivity contribution >= 4 is 45.7 Å². The number of thioether (sulfide) groups is 1. The average molecular weight is 664 g/mol. The average Bonchev–Trinajstić information content (AvgIpc) is 3.65. The number of aromatic nitrogens is 2. The van der Waals surface area contributed by atoms with Crippen LogP contribution in [0.1, 0.15) is 43.0 Å². The minimum Gasteiger partial charge on any atom is -0.507 e. The Morgan fingerprint density at radius 2 is 1.78 bits per heavy atom. The smallest absolute Gasteiger partial charge is 0.301 e. The summed E-state index contributed by atoms with van der Waals surface area (Å²) < 4.78 is 36.9. The largest absolute Gasteiger partial charge is 0.507 e. The van der Waals surface area contributed by atoms with Gasteiger partial charge in [-0.3, -0.25) is 14.5 Å². The van der Waals surface area contributed by atoms with E-state index in [0.717, 1.165) is 23.3 Å². The highest BCUT2D eigenvalue weighted by Crippen LogP contribution is 2.46. The van der Waals surface area contributed by atoms with E-state index in [0.29, 0.717) is 65.1 Å². The number of hydrogen-bond acceptors (Lipinski definition) is 11. The summed E-state index contributed by atoms with van der Waals surface area (Å²) in [6.07, 6.45) is 0.793. The Morgan fingerprint density at radius 1 is 1.00 bits per heavy atom. The zero-order chi connectivity index (χ0) is 32.2. The number of fused-ring (bicyclic) bond motifs is 1. The molecule has 10 nitrogen and oxygen atoms in total. The van der Waals surface area contributed by atoms with Gasteiger partial charge in [-0.2, -0.15) is 0 Å². The summed E-state index contributed by atoms with van der Waals surface area (Å²) in [6, 6.07) is 15.1. The van der Waals surface area contributed by atoms with Crippen LogP contribution in [-0.2, 0) is 15.3 Å². The SMILES string of the molecule is CCCOc1ccc([C@@H]2/C(=C(\O)c3ccc4c(c3)OCCO4)C(=O)C(=O)N2c2nnc(SCc3ccc(F)cc3)s2)cc1OCC. The van der Waals surface area contributed by atoms with E-state index in [1.807, 2.05) is 13.8 Å². The topological polar surface area (TPSA) is 120 Å². The Bertz CT molecular complexity index is 1790. The third kappa shape index (κ3) is 6.38. The summed E-state index contributed by atoms with van der Waals surface area (Å²) in [5.41, 5.74) is 1.55. The molecule has 1 aromatic heterocycles. The normalized spacial score (nSPS) is 16.9. The van der Waals surface area contributed by atoms with E-state index in [2.05, 4.69) is 10.2 Å². The number of ketones is 1. The van der Waals surface area contributed by atoms with E-state index in [1.54, 1.807) is 48.5 Å². The quantitative estimate of drug-likeness (QED) is 0.0622. The van der Waals surface area contributed by atoms with Crippen LogP contribution in [-0.4, -0.2) is 53.4 Å². The maximum Gasteiger partial charge on any atom is 0.301 e. The lowest BCUT2D eigenvalue weighted by Gasteiger charge is -2.24. The molecule has 46 heavy (non-hydrogen) atoms. The lowest BCUT2D eigenvalue weighted by atomic mass is 9.95. The number of halogens is 1. The van der Waals surface area contributed by atoms with Crippen molar-refractivity contribution in [2.24, 2.45) is 0 Å². The number of carbonyl (C=O) groups is 2. The van der Waals surface area contributed by atoms with Gasteiger partial charge < -0.3 is 24.1 Å². The lowest BCUT2D eigenvalue weighted by Crippen LogP contribution is -2.29. The molecule has 4 aromatic rings. The number of benzene rings is 3. The Kier molecular flexibility index (Phi) is 9.41. The molecule has 0 radical (unpaired) electrons. The van der Waals surface area contributed by atoms with Gasteiger partial charge in [0.05, 0.1) is 24.8 Å². The van der Waals surface area contributed by atoms with Crippen LogP contribution in [0.25, 0.3) is 5.76 Å². The molecule has 0 spiro atoms. The molecule has 13 heteroatoms. The molecule has 2 aliphatic rings. The molecule has 1 atom stereocenters. The summed E-state index contributed by atoms with van der Waals surface area (Å²) in [6.45, 7) is 5.41. The number of aliphatic hydroxyl groups is 1. The van der Waals surface area contributed by atoms with Gasteiger partial charge in [0.25, 0.3) is 5.78 Å². The molecule has 1 saturated heterocycles. The van der Waals surface area contributed by atoms with Crippen molar-refractivity contribution in [2.75, 3.05) is 31.3 Å². The predicted molar refractivity (Wildman–Crippen MR) is 171 cm³/mol. The van der Waals surface area contributed by atoms with Crippen LogP contribution >= 0.6 is 23.1 Å². The van der Waals surface area contributed by atoms with E-state index in [4.69, 9.17) is 18.9 Å². The third-order valence-electron chi connectivity index (χ3n) is 7.18. The van der Waals surface area contributed by atoms with E-state index in [1.165, 1.54) is 28.8 Å². The molecule has 1 N–H and O–H groups in total. The highest BCUT2D eigenvalue weighted by Gasteiger charge is 2.48. The molecular formula is C33H30FN3O7S2. The zero-order valence-corrected chi connectivity index (χ0v) is 26.7. The van der Waals surface area contributed by atoms with Crippen molar-refractivity contribution in [1.29, 1.82) is 0 Å². The zero-order valence-electron chi connectivity index (χ0n) is 25.0. The van der Waals surface area contributed by atoms with Gasteiger partial charge in [-0.25, -0.2) is 4.39 Å².